The van der Waals surface area contributed by atoms with Crippen LogP contribution >= 0.6 is 0 Å². The number of hydrogen-bond donors (Lipinski definition) is 4. The first-order chi connectivity index (χ1) is 12.0. The number of aromatic carboxylic acids is 1. The van der Waals surface area contributed by atoms with Gasteiger partial charge in [0.2, 0.25) is 0 Å². The minimum absolute atomic E-state index is 0.0290. The summed E-state index contributed by atoms with van der Waals surface area (Å²) in [5, 5.41) is 22.0. The summed E-state index contributed by atoms with van der Waals surface area (Å²) in [5.41, 5.74) is 6.84. The van der Waals surface area contributed by atoms with Crippen molar-refractivity contribution in [3.63, 3.8) is 0 Å². The van der Waals surface area contributed by atoms with Gasteiger partial charge in [0.15, 0.2) is 0 Å². The molecule has 0 bridgehead atoms. The predicted molar refractivity (Wildman–Crippen MR) is 89.1 cm³/mol. The van der Waals surface area contributed by atoms with Crippen LogP contribution in [0.15, 0.2) is 36.4 Å². The summed E-state index contributed by atoms with van der Waals surface area (Å²) in [4.78, 5) is 27.7. The van der Waals surface area contributed by atoms with Gasteiger partial charge >= 0.3 is 13.1 Å². The van der Waals surface area contributed by atoms with Gasteiger partial charge in [-0.25, -0.2) is 9.78 Å². The number of pyridine rings is 1. The summed E-state index contributed by atoms with van der Waals surface area (Å²) in [6.45, 7) is 0.210. The Morgan fingerprint density at radius 2 is 2.08 bits per heavy atom. The van der Waals surface area contributed by atoms with Crippen molar-refractivity contribution in [3.05, 3.63) is 58.9 Å². The fourth-order valence-electron chi connectivity index (χ4n) is 2.68. The van der Waals surface area contributed by atoms with E-state index in [0.29, 0.717) is 11.3 Å². The molecule has 0 fully saturated rings. The molecule has 128 valence electrons. The zero-order chi connectivity index (χ0) is 18.0. The number of benzene rings is 1. The van der Waals surface area contributed by atoms with Crippen LogP contribution in [0.2, 0.25) is 0 Å². The maximum absolute atomic E-state index is 12.3. The molecule has 0 aliphatic carbocycles. The Hall–Kier alpha value is -2.91. The largest absolute Gasteiger partial charge is 0.547 e. The molecule has 0 saturated carbocycles. The number of carbonyl (C=O) groups is 2. The molecule has 3 rings (SSSR count). The molecule has 25 heavy (non-hydrogen) atoms. The number of carboxylic acids is 1. The van der Waals surface area contributed by atoms with Crippen LogP contribution in [0.5, 0.6) is 5.75 Å². The van der Waals surface area contributed by atoms with Crippen LogP contribution in [0.1, 0.15) is 32.1 Å². The number of carbonyl (C=O) groups excluding carboxylic acids is 1. The van der Waals surface area contributed by atoms with Crippen molar-refractivity contribution in [2.45, 2.75) is 18.9 Å². The van der Waals surface area contributed by atoms with Crippen LogP contribution in [0.4, 0.5) is 0 Å². The van der Waals surface area contributed by atoms with Crippen molar-refractivity contribution in [2.75, 3.05) is 0 Å². The molecule has 5 N–H and O–H groups in total. The summed E-state index contributed by atoms with van der Waals surface area (Å²) in [5.74, 6) is -2.22. The van der Waals surface area contributed by atoms with Crippen molar-refractivity contribution in [3.8, 4) is 5.75 Å². The van der Waals surface area contributed by atoms with Crippen molar-refractivity contribution in [1.82, 2.24) is 10.3 Å². The minimum Gasteiger partial charge on any atom is -0.534 e. The predicted octanol–water partition coefficient (Wildman–Crippen LogP) is -0.00830. The van der Waals surface area contributed by atoms with E-state index in [1.165, 1.54) is 6.07 Å². The average molecular weight is 341 g/mol. The van der Waals surface area contributed by atoms with E-state index in [1.54, 1.807) is 30.3 Å². The molecule has 1 aromatic carbocycles. The zero-order valence-electron chi connectivity index (χ0n) is 13.2. The number of carboxylic acid groups (broad SMARTS) is 1. The van der Waals surface area contributed by atoms with Gasteiger partial charge in [0, 0.05) is 6.54 Å². The number of rotatable bonds is 4. The number of nitrogens with two attached hydrogens (primary N) is 1. The molecule has 0 saturated heterocycles. The van der Waals surface area contributed by atoms with Crippen molar-refractivity contribution in [1.29, 1.82) is 0 Å². The Morgan fingerprint density at radius 1 is 1.32 bits per heavy atom. The highest BCUT2D eigenvalue weighted by atomic mass is 16.5. The Balaban J connectivity index is 1.79. The lowest BCUT2D eigenvalue weighted by Gasteiger charge is -2.28. The summed E-state index contributed by atoms with van der Waals surface area (Å²) in [7, 11) is -1.37. The third kappa shape index (κ3) is 3.47. The van der Waals surface area contributed by atoms with E-state index in [-0.39, 0.29) is 30.0 Å². The second-order valence-electron chi connectivity index (χ2n) is 5.61. The molecular weight excluding hydrogens is 325 g/mol. The van der Waals surface area contributed by atoms with E-state index in [2.05, 4.69) is 10.3 Å². The fourth-order valence-corrected chi connectivity index (χ4v) is 2.68. The third-order valence-corrected chi connectivity index (χ3v) is 3.91. The SMILES string of the molecule is NCc1cccc(C(=O)NC2Cc3cccc(C(=O)O)c3OB2O)n1. The maximum Gasteiger partial charge on any atom is 0.547 e. The lowest BCUT2D eigenvalue weighted by molar-refractivity contribution is 0.0693. The molecule has 1 aromatic heterocycles. The number of amides is 1. The molecule has 1 unspecified atom stereocenters. The van der Waals surface area contributed by atoms with E-state index in [9.17, 15) is 19.7 Å². The van der Waals surface area contributed by atoms with Crippen molar-refractivity contribution in [2.24, 2.45) is 5.73 Å². The molecule has 8 nitrogen and oxygen atoms in total. The topological polar surface area (TPSA) is 135 Å². The first kappa shape index (κ1) is 16.9. The summed E-state index contributed by atoms with van der Waals surface area (Å²) >= 11 is 0. The molecule has 0 spiro atoms. The Kier molecular flexibility index (Phi) is 4.69. The molecule has 0 radical (unpaired) electrons. The number of hydrogen-bond acceptors (Lipinski definition) is 6. The zero-order valence-corrected chi connectivity index (χ0v) is 13.2. The molecule has 1 aliphatic heterocycles. The number of aromatic nitrogens is 1. The molecule has 1 aliphatic rings. The van der Waals surface area contributed by atoms with Gasteiger partial charge in [-0.3, -0.25) is 4.79 Å². The standard InChI is InChI=1S/C16H16BN3O5/c18-8-10-4-2-6-12(19-10)15(21)20-13-7-9-3-1-5-11(16(22)23)14(9)25-17(13)24/h1-6,13,24H,7-8,18H2,(H,20,21)(H,22,23). The quantitative estimate of drug-likeness (QED) is 0.575. The molecule has 1 amide bonds. The van der Waals surface area contributed by atoms with E-state index < -0.39 is 24.9 Å². The van der Waals surface area contributed by atoms with E-state index in [0.717, 1.165) is 0 Å². The Morgan fingerprint density at radius 3 is 2.80 bits per heavy atom. The minimum atomic E-state index is -1.37. The average Bonchev–Trinajstić information content (AvgIpc) is 2.61. The highest BCUT2D eigenvalue weighted by Crippen LogP contribution is 2.30. The summed E-state index contributed by atoms with van der Waals surface area (Å²) in [6, 6.07) is 9.61. The van der Waals surface area contributed by atoms with Crippen LogP contribution in [0, 0.1) is 0 Å². The maximum atomic E-state index is 12.3. The van der Waals surface area contributed by atoms with E-state index in [1.807, 2.05) is 0 Å². The van der Waals surface area contributed by atoms with E-state index in [4.69, 9.17) is 10.4 Å². The first-order valence-corrected chi connectivity index (χ1v) is 7.66. The van der Waals surface area contributed by atoms with Crippen LogP contribution in [-0.2, 0) is 13.0 Å². The van der Waals surface area contributed by atoms with Crippen LogP contribution in [-0.4, -0.2) is 40.1 Å². The normalized spacial score (nSPS) is 15.9. The number of para-hydroxylation sites is 1. The van der Waals surface area contributed by atoms with Crippen LogP contribution in [0.3, 0.4) is 0 Å². The van der Waals surface area contributed by atoms with E-state index >= 15 is 0 Å². The fraction of sp³-hybridized carbons (Fsp3) is 0.188. The van der Waals surface area contributed by atoms with Crippen LogP contribution < -0.4 is 15.7 Å². The molecule has 2 heterocycles. The molecule has 2 aromatic rings. The van der Waals surface area contributed by atoms with Crippen molar-refractivity contribution >= 4 is 19.0 Å². The highest BCUT2D eigenvalue weighted by molar-refractivity contribution is 6.47. The van der Waals surface area contributed by atoms with Gasteiger partial charge in [0.25, 0.3) is 5.91 Å². The van der Waals surface area contributed by atoms with Gasteiger partial charge in [0.05, 0.1) is 17.2 Å². The second-order valence-corrected chi connectivity index (χ2v) is 5.61. The molecule has 9 heteroatoms. The number of nitrogens with zero attached hydrogens (tertiary/aromatic N) is 1. The molecule has 1 atom stereocenters. The van der Waals surface area contributed by atoms with Crippen molar-refractivity contribution < 1.29 is 24.4 Å². The van der Waals surface area contributed by atoms with Gasteiger partial charge < -0.3 is 25.8 Å². The lowest BCUT2D eigenvalue weighted by Crippen LogP contribution is -2.53. The lowest BCUT2D eigenvalue weighted by atomic mass is 9.72. The molecular formula is C16H16BN3O5. The third-order valence-electron chi connectivity index (χ3n) is 3.91. The monoisotopic (exact) mass is 341 g/mol. The Bertz CT molecular complexity index is 829. The van der Waals surface area contributed by atoms with Crippen LogP contribution in [0.25, 0.3) is 0 Å². The number of fused-ring (bicyclic) bond motifs is 1. The first-order valence-electron chi connectivity index (χ1n) is 7.66. The van der Waals surface area contributed by atoms with Gasteiger partial charge in [-0.15, -0.1) is 0 Å². The smallest absolute Gasteiger partial charge is 0.534 e. The summed E-state index contributed by atoms with van der Waals surface area (Å²) < 4.78 is 5.34. The second kappa shape index (κ2) is 6.92. The van der Waals surface area contributed by atoms with Gasteiger partial charge in [0.1, 0.15) is 11.4 Å². The van der Waals surface area contributed by atoms with Gasteiger partial charge in [-0.05, 0) is 30.2 Å². The highest BCUT2D eigenvalue weighted by Gasteiger charge is 2.38. The summed E-state index contributed by atoms with van der Waals surface area (Å²) in [6.07, 6.45) is 0.236. The number of nitrogens with one attached hydrogen (secondary N) is 1. The van der Waals surface area contributed by atoms with Gasteiger partial charge in [-0.1, -0.05) is 18.2 Å². The Labute approximate surface area is 143 Å². The van der Waals surface area contributed by atoms with Gasteiger partial charge in [-0.2, -0.15) is 0 Å².